The largest absolute Gasteiger partial charge is 0.0622 e. The van der Waals surface area contributed by atoms with E-state index in [-0.39, 0.29) is 0 Å². The minimum Gasteiger partial charge on any atom is -0.0622 e. The minimum absolute atomic E-state index is 1.22. The van der Waals surface area contributed by atoms with E-state index in [1.165, 1.54) is 75.3 Å². The molecule has 0 atom stereocenters. The average Bonchev–Trinajstić information content (AvgIpc) is 2.64. The van der Waals surface area contributed by atoms with Crippen molar-refractivity contribution in [3.63, 3.8) is 0 Å². The van der Waals surface area contributed by atoms with E-state index in [9.17, 15) is 0 Å². The highest BCUT2D eigenvalue weighted by molar-refractivity contribution is 5.90. The van der Waals surface area contributed by atoms with Gasteiger partial charge in [0.15, 0.2) is 0 Å². The van der Waals surface area contributed by atoms with Crippen molar-refractivity contribution in [3.05, 3.63) is 71.8 Å². The Balaban J connectivity index is 1.98. The van der Waals surface area contributed by atoms with Crippen molar-refractivity contribution >= 4 is 11.1 Å². The van der Waals surface area contributed by atoms with Crippen LogP contribution in [0.25, 0.3) is 11.1 Å². The molecule has 1 aliphatic rings. The van der Waals surface area contributed by atoms with Crippen molar-refractivity contribution in [1.29, 1.82) is 0 Å². The Morgan fingerprint density at radius 2 is 0.708 bits per heavy atom. The molecule has 0 amide bonds. The first kappa shape index (κ1) is 17.0. The molecule has 2 aromatic rings. The monoisotopic (exact) mass is 318 g/mol. The molecule has 0 nitrogen and oxygen atoms in total. The van der Waals surface area contributed by atoms with Crippen LogP contribution in [0.1, 0.15) is 75.3 Å². The van der Waals surface area contributed by atoms with Crippen molar-refractivity contribution in [2.24, 2.45) is 0 Å². The van der Waals surface area contributed by atoms with Crippen LogP contribution in [0.4, 0.5) is 0 Å². The highest BCUT2D eigenvalue weighted by atomic mass is 14.2. The Morgan fingerprint density at radius 3 is 1.08 bits per heavy atom. The van der Waals surface area contributed by atoms with Crippen molar-refractivity contribution in [1.82, 2.24) is 0 Å². The van der Waals surface area contributed by atoms with Crippen LogP contribution in [0.2, 0.25) is 0 Å². The summed E-state index contributed by atoms with van der Waals surface area (Å²) in [6, 6.07) is 22.2. The smallest absolute Gasteiger partial charge is 0.0222 e. The van der Waals surface area contributed by atoms with Crippen LogP contribution in [0, 0.1) is 0 Å². The summed E-state index contributed by atoms with van der Waals surface area (Å²) in [6.07, 6.45) is 13.5. The zero-order chi connectivity index (χ0) is 16.5. The Hall–Kier alpha value is -1.82. The summed E-state index contributed by atoms with van der Waals surface area (Å²) >= 11 is 0. The van der Waals surface area contributed by atoms with Crippen molar-refractivity contribution in [2.45, 2.75) is 64.2 Å². The molecule has 1 aliphatic carbocycles. The summed E-state index contributed by atoms with van der Waals surface area (Å²) in [5, 5.41) is 0. The van der Waals surface area contributed by atoms with Crippen LogP contribution in [-0.4, -0.2) is 0 Å². The normalized spacial score (nSPS) is 20.8. The van der Waals surface area contributed by atoms with Gasteiger partial charge in [-0.2, -0.15) is 0 Å². The lowest BCUT2D eigenvalue weighted by Gasteiger charge is -2.18. The van der Waals surface area contributed by atoms with Gasteiger partial charge in [0.1, 0.15) is 0 Å². The first-order valence-electron chi connectivity index (χ1n) is 9.78. The van der Waals surface area contributed by atoms with E-state index >= 15 is 0 Å². The van der Waals surface area contributed by atoms with Crippen LogP contribution < -0.4 is 0 Å². The molecule has 0 heteroatoms. The molecular formula is C24H30. The number of allylic oxidation sites excluding steroid dienone is 2. The van der Waals surface area contributed by atoms with Gasteiger partial charge in [-0.3, -0.25) is 0 Å². The quantitative estimate of drug-likeness (QED) is 0.537. The molecule has 3 rings (SSSR count). The number of hydrogen-bond donors (Lipinski definition) is 0. The van der Waals surface area contributed by atoms with Gasteiger partial charge in [0.05, 0.1) is 0 Å². The van der Waals surface area contributed by atoms with Crippen molar-refractivity contribution in [2.75, 3.05) is 0 Å². The topological polar surface area (TPSA) is 0 Å². The van der Waals surface area contributed by atoms with Gasteiger partial charge >= 0.3 is 0 Å². The Bertz CT molecular complexity index is 564. The summed E-state index contributed by atoms with van der Waals surface area (Å²) in [5.74, 6) is 0. The molecule has 0 heterocycles. The predicted molar refractivity (Wildman–Crippen MR) is 106 cm³/mol. The molecule has 0 spiro atoms. The lowest BCUT2D eigenvalue weighted by molar-refractivity contribution is 0.570. The van der Waals surface area contributed by atoms with E-state index in [0.29, 0.717) is 0 Å². The molecule has 0 saturated carbocycles. The second kappa shape index (κ2) is 9.47. The van der Waals surface area contributed by atoms with Gasteiger partial charge in [0.25, 0.3) is 0 Å². The van der Waals surface area contributed by atoms with Gasteiger partial charge in [-0.1, -0.05) is 99.2 Å². The first-order chi connectivity index (χ1) is 11.9. The second-order valence-electron chi connectivity index (χ2n) is 7.02. The minimum atomic E-state index is 1.22. The molecule has 24 heavy (non-hydrogen) atoms. The number of rotatable bonds is 2. The highest BCUT2D eigenvalue weighted by Gasteiger charge is 2.12. The standard InChI is InChI=1S/C24H30/c1-2-4-6-14-20-24(22-17-11-8-12-18-22)23(19-13-5-3-1)21-15-9-7-10-16-21/h7-12,15-18H,1-6,13-14,19-20H2/b24-23-. The van der Waals surface area contributed by atoms with E-state index in [2.05, 4.69) is 60.7 Å². The molecular weight excluding hydrogens is 288 g/mol. The van der Waals surface area contributed by atoms with Gasteiger partial charge in [-0.15, -0.1) is 0 Å². The van der Waals surface area contributed by atoms with Gasteiger partial charge < -0.3 is 0 Å². The summed E-state index contributed by atoms with van der Waals surface area (Å²) in [7, 11) is 0. The SMILES string of the molecule is c1ccc(/C2=C(\c3ccccc3)CCCCCCCCCC2)cc1. The fourth-order valence-corrected chi connectivity index (χ4v) is 3.88. The molecule has 0 radical (unpaired) electrons. The van der Waals surface area contributed by atoms with Gasteiger partial charge in [0.2, 0.25) is 0 Å². The van der Waals surface area contributed by atoms with Gasteiger partial charge in [-0.25, -0.2) is 0 Å². The summed E-state index contributed by atoms with van der Waals surface area (Å²) in [6.45, 7) is 0. The predicted octanol–water partition coefficient (Wildman–Crippen LogP) is 7.51. The van der Waals surface area contributed by atoms with E-state index < -0.39 is 0 Å². The summed E-state index contributed by atoms with van der Waals surface area (Å²) < 4.78 is 0. The van der Waals surface area contributed by atoms with Gasteiger partial charge in [0, 0.05) is 0 Å². The Labute approximate surface area is 147 Å². The van der Waals surface area contributed by atoms with Crippen LogP contribution in [0.3, 0.4) is 0 Å². The van der Waals surface area contributed by atoms with E-state index in [4.69, 9.17) is 0 Å². The molecule has 2 aromatic carbocycles. The van der Waals surface area contributed by atoms with E-state index in [0.717, 1.165) is 0 Å². The summed E-state index contributed by atoms with van der Waals surface area (Å²) in [5.41, 5.74) is 6.02. The molecule has 0 N–H and O–H groups in total. The maximum absolute atomic E-state index is 2.30. The lowest BCUT2D eigenvalue weighted by atomic mass is 9.87. The Morgan fingerprint density at radius 1 is 0.375 bits per heavy atom. The van der Waals surface area contributed by atoms with E-state index in [1.807, 2.05) is 0 Å². The third kappa shape index (κ3) is 4.84. The van der Waals surface area contributed by atoms with Crippen LogP contribution in [0.15, 0.2) is 60.7 Å². The molecule has 0 fully saturated rings. The first-order valence-corrected chi connectivity index (χ1v) is 9.78. The average molecular weight is 319 g/mol. The maximum atomic E-state index is 2.30. The van der Waals surface area contributed by atoms with Gasteiger partial charge in [-0.05, 0) is 48.0 Å². The van der Waals surface area contributed by atoms with Crippen LogP contribution >= 0.6 is 0 Å². The summed E-state index contributed by atoms with van der Waals surface area (Å²) in [4.78, 5) is 0. The maximum Gasteiger partial charge on any atom is -0.0222 e. The number of benzene rings is 2. The molecule has 0 unspecified atom stereocenters. The fraction of sp³-hybridized carbons (Fsp3) is 0.417. The lowest BCUT2D eigenvalue weighted by Crippen LogP contribution is -1.96. The zero-order valence-electron chi connectivity index (χ0n) is 14.8. The molecule has 0 aromatic heterocycles. The number of hydrogen-bond acceptors (Lipinski definition) is 0. The Kier molecular flexibility index (Phi) is 6.71. The van der Waals surface area contributed by atoms with Crippen LogP contribution in [-0.2, 0) is 0 Å². The third-order valence-corrected chi connectivity index (χ3v) is 5.21. The van der Waals surface area contributed by atoms with Crippen molar-refractivity contribution in [3.8, 4) is 0 Å². The second-order valence-corrected chi connectivity index (χ2v) is 7.02. The molecule has 0 saturated heterocycles. The highest BCUT2D eigenvalue weighted by Crippen LogP contribution is 2.34. The fourth-order valence-electron chi connectivity index (χ4n) is 3.88. The molecule has 126 valence electrons. The third-order valence-electron chi connectivity index (χ3n) is 5.21. The zero-order valence-corrected chi connectivity index (χ0v) is 14.8. The molecule has 0 bridgehead atoms. The molecule has 0 aliphatic heterocycles. The van der Waals surface area contributed by atoms with E-state index in [1.54, 1.807) is 11.1 Å². The van der Waals surface area contributed by atoms with Crippen LogP contribution in [0.5, 0.6) is 0 Å². The van der Waals surface area contributed by atoms with Crippen molar-refractivity contribution < 1.29 is 0 Å².